The van der Waals surface area contributed by atoms with Crippen LogP contribution in [0.2, 0.25) is 5.02 Å². The molecule has 0 aliphatic rings. The van der Waals surface area contributed by atoms with E-state index in [1.165, 1.54) is 13.0 Å². The molecule has 128 valence electrons. The Morgan fingerprint density at radius 1 is 1.24 bits per heavy atom. The Morgan fingerprint density at radius 3 is 2.68 bits per heavy atom. The maximum absolute atomic E-state index is 12.3. The van der Waals surface area contributed by atoms with Gasteiger partial charge in [-0.15, -0.1) is 0 Å². The predicted molar refractivity (Wildman–Crippen MR) is 90.7 cm³/mol. The van der Waals surface area contributed by atoms with Gasteiger partial charge in [-0.05, 0) is 49.4 Å². The molecule has 2 aromatic heterocycles. The van der Waals surface area contributed by atoms with Crippen molar-refractivity contribution in [1.82, 2.24) is 9.78 Å². The van der Waals surface area contributed by atoms with E-state index in [1.807, 2.05) is 0 Å². The zero-order chi connectivity index (χ0) is 17.8. The number of ketones is 1. The minimum Gasteiger partial charge on any atom is -0.452 e. The number of rotatable bonds is 6. The molecule has 0 saturated carbocycles. The van der Waals surface area contributed by atoms with E-state index in [0.717, 1.165) is 0 Å². The summed E-state index contributed by atoms with van der Waals surface area (Å²) in [5.41, 5.74) is 0.420. The molecule has 0 fully saturated rings. The number of esters is 1. The number of hydrogen-bond acceptors (Lipinski definition) is 5. The summed E-state index contributed by atoms with van der Waals surface area (Å²) >= 11 is 5.80. The zero-order valence-electron chi connectivity index (χ0n) is 13.4. The van der Waals surface area contributed by atoms with Crippen LogP contribution in [-0.4, -0.2) is 27.6 Å². The lowest BCUT2D eigenvalue weighted by Crippen LogP contribution is -2.24. The highest BCUT2D eigenvalue weighted by molar-refractivity contribution is 6.30. The highest BCUT2D eigenvalue weighted by Crippen LogP contribution is 2.15. The first-order chi connectivity index (χ1) is 12.0. The van der Waals surface area contributed by atoms with Crippen molar-refractivity contribution < 1.29 is 18.7 Å². The molecule has 0 aliphatic carbocycles. The topological polar surface area (TPSA) is 74.3 Å². The molecule has 1 atom stereocenters. The van der Waals surface area contributed by atoms with Gasteiger partial charge in [-0.25, -0.2) is 4.79 Å². The number of nitrogens with zero attached hydrogens (tertiary/aromatic N) is 2. The Labute approximate surface area is 149 Å². The van der Waals surface area contributed by atoms with E-state index in [-0.39, 0.29) is 11.5 Å². The molecule has 0 N–H and O–H groups in total. The van der Waals surface area contributed by atoms with Crippen molar-refractivity contribution in [3.05, 3.63) is 77.0 Å². The van der Waals surface area contributed by atoms with E-state index < -0.39 is 12.1 Å². The molecular formula is C18H15ClN2O4. The number of furan rings is 1. The van der Waals surface area contributed by atoms with Crippen LogP contribution in [0.25, 0.3) is 0 Å². The maximum atomic E-state index is 12.3. The minimum absolute atomic E-state index is 0.0397. The third-order valence-corrected chi connectivity index (χ3v) is 3.77. The second kappa shape index (κ2) is 7.36. The highest BCUT2D eigenvalue weighted by Gasteiger charge is 2.22. The van der Waals surface area contributed by atoms with Crippen LogP contribution in [0.5, 0.6) is 0 Å². The molecule has 3 rings (SSSR count). The number of aromatic nitrogens is 2. The second-order valence-electron chi connectivity index (χ2n) is 5.39. The minimum atomic E-state index is -0.937. The summed E-state index contributed by atoms with van der Waals surface area (Å²) in [5, 5.41) is 4.59. The van der Waals surface area contributed by atoms with Gasteiger partial charge in [-0.2, -0.15) is 5.10 Å². The zero-order valence-corrected chi connectivity index (χ0v) is 14.1. The molecule has 0 saturated heterocycles. The van der Waals surface area contributed by atoms with Crippen LogP contribution >= 0.6 is 11.6 Å². The first kappa shape index (κ1) is 17.0. The molecular weight excluding hydrogens is 344 g/mol. The molecule has 1 unspecified atom stereocenters. The number of halogens is 1. The lowest BCUT2D eigenvalue weighted by molar-refractivity contribution is 0.0287. The first-order valence-electron chi connectivity index (χ1n) is 7.60. The highest BCUT2D eigenvalue weighted by atomic mass is 35.5. The Balaban J connectivity index is 1.62. The lowest BCUT2D eigenvalue weighted by atomic mass is 10.1. The Hall–Kier alpha value is -2.86. The predicted octanol–water partition coefficient (Wildman–Crippen LogP) is 3.61. The fraction of sp³-hybridized carbons (Fsp3) is 0.167. The average molecular weight is 359 g/mol. The van der Waals surface area contributed by atoms with Crippen molar-refractivity contribution in [2.75, 3.05) is 0 Å². The van der Waals surface area contributed by atoms with Crippen molar-refractivity contribution in [2.45, 2.75) is 19.6 Å². The van der Waals surface area contributed by atoms with Crippen LogP contribution in [0.4, 0.5) is 0 Å². The van der Waals surface area contributed by atoms with Crippen molar-refractivity contribution in [3.8, 4) is 0 Å². The van der Waals surface area contributed by atoms with Crippen molar-refractivity contribution in [1.29, 1.82) is 0 Å². The smallest absolute Gasteiger partial charge is 0.374 e. The number of Topliss-reactive ketones (excluding diaryl/α,β-unsaturated/α-hetero) is 1. The summed E-state index contributed by atoms with van der Waals surface area (Å²) in [6.45, 7) is 1.92. The number of carbonyl (C=O) groups is 2. The van der Waals surface area contributed by atoms with Crippen molar-refractivity contribution >= 4 is 23.4 Å². The van der Waals surface area contributed by atoms with Crippen molar-refractivity contribution in [3.63, 3.8) is 0 Å². The van der Waals surface area contributed by atoms with Crippen LogP contribution < -0.4 is 0 Å². The normalized spacial score (nSPS) is 11.9. The van der Waals surface area contributed by atoms with Gasteiger partial charge >= 0.3 is 5.97 Å². The van der Waals surface area contributed by atoms with E-state index in [2.05, 4.69) is 5.10 Å². The molecule has 25 heavy (non-hydrogen) atoms. The monoisotopic (exact) mass is 358 g/mol. The van der Waals surface area contributed by atoms with Gasteiger partial charge in [0.1, 0.15) is 5.76 Å². The van der Waals surface area contributed by atoms with Crippen LogP contribution in [-0.2, 0) is 11.3 Å². The molecule has 7 heteroatoms. The fourth-order valence-corrected chi connectivity index (χ4v) is 2.37. The molecule has 0 radical (unpaired) electrons. The average Bonchev–Trinajstić information content (AvgIpc) is 3.27. The van der Waals surface area contributed by atoms with E-state index >= 15 is 0 Å². The molecule has 3 aromatic rings. The number of hydrogen-bond donors (Lipinski definition) is 0. The molecule has 0 bridgehead atoms. The molecule has 1 aromatic carbocycles. The summed E-state index contributed by atoms with van der Waals surface area (Å²) in [4.78, 5) is 24.4. The van der Waals surface area contributed by atoms with Gasteiger partial charge in [0.15, 0.2) is 6.10 Å². The molecule has 0 spiro atoms. The summed E-state index contributed by atoms with van der Waals surface area (Å²) in [6.07, 6.45) is 2.50. The summed E-state index contributed by atoms with van der Waals surface area (Å²) < 4.78 is 12.3. The standard InChI is InChI=1S/C18H15ClN2O4/c1-12(17(22)13-3-5-14(19)6-4-13)24-18(23)16-8-7-15(25-16)11-21-10-2-9-20-21/h2-10,12H,11H2,1H3. The third kappa shape index (κ3) is 4.16. The number of ether oxygens (including phenoxy) is 1. The number of carbonyl (C=O) groups excluding carboxylic acids is 2. The van der Waals surface area contributed by atoms with E-state index in [1.54, 1.807) is 53.5 Å². The van der Waals surface area contributed by atoms with E-state index in [4.69, 9.17) is 20.8 Å². The summed E-state index contributed by atoms with van der Waals surface area (Å²) in [5.74, 6) is -0.403. The van der Waals surface area contributed by atoms with Gasteiger partial charge in [-0.1, -0.05) is 11.6 Å². The molecule has 0 amide bonds. The summed E-state index contributed by atoms with van der Waals surface area (Å²) in [6, 6.07) is 11.4. The first-order valence-corrected chi connectivity index (χ1v) is 7.97. The molecule has 0 aliphatic heterocycles. The Kier molecular flexibility index (Phi) is 5.00. The molecule has 6 nitrogen and oxygen atoms in total. The molecule has 2 heterocycles. The van der Waals surface area contributed by atoms with Crippen LogP contribution in [0.15, 0.2) is 59.3 Å². The van der Waals surface area contributed by atoms with Gasteiger partial charge in [0, 0.05) is 23.0 Å². The van der Waals surface area contributed by atoms with Gasteiger partial charge in [0.2, 0.25) is 11.5 Å². The second-order valence-corrected chi connectivity index (χ2v) is 5.82. The van der Waals surface area contributed by atoms with Crippen LogP contribution in [0.1, 0.15) is 33.6 Å². The SMILES string of the molecule is CC(OC(=O)c1ccc(Cn2cccn2)o1)C(=O)c1ccc(Cl)cc1. The quantitative estimate of drug-likeness (QED) is 0.497. The van der Waals surface area contributed by atoms with Gasteiger partial charge in [0.25, 0.3) is 0 Å². The largest absolute Gasteiger partial charge is 0.452 e. The maximum Gasteiger partial charge on any atom is 0.374 e. The van der Waals surface area contributed by atoms with Crippen LogP contribution in [0, 0.1) is 0 Å². The number of benzene rings is 1. The van der Waals surface area contributed by atoms with Gasteiger partial charge < -0.3 is 9.15 Å². The summed E-state index contributed by atoms with van der Waals surface area (Å²) in [7, 11) is 0. The Morgan fingerprint density at radius 2 is 2.00 bits per heavy atom. The van der Waals surface area contributed by atoms with Crippen LogP contribution in [0.3, 0.4) is 0 Å². The van der Waals surface area contributed by atoms with E-state index in [0.29, 0.717) is 22.9 Å². The van der Waals surface area contributed by atoms with Gasteiger partial charge in [-0.3, -0.25) is 9.48 Å². The van der Waals surface area contributed by atoms with E-state index in [9.17, 15) is 9.59 Å². The van der Waals surface area contributed by atoms with Crippen molar-refractivity contribution in [2.24, 2.45) is 0 Å². The van der Waals surface area contributed by atoms with Gasteiger partial charge in [0.05, 0.1) is 6.54 Å². The lowest BCUT2D eigenvalue weighted by Gasteiger charge is -2.11. The third-order valence-electron chi connectivity index (χ3n) is 3.52. The Bertz CT molecular complexity index is 869. The fourth-order valence-electron chi connectivity index (χ4n) is 2.25.